The third kappa shape index (κ3) is 56.1. The summed E-state index contributed by atoms with van der Waals surface area (Å²) < 4.78 is 23.3. The van der Waals surface area contributed by atoms with Gasteiger partial charge >= 0.3 is 0 Å². The largest absolute Gasteiger partial charge is 0.756 e. The van der Waals surface area contributed by atoms with Crippen LogP contribution in [0.4, 0.5) is 0 Å². The minimum atomic E-state index is -4.63. The zero-order valence-electron chi connectivity index (χ0n) is 47.7. The van der Waals surface area contributed by atoms with E-state index in [2.05, 4.69) is 153 Å². The highest BCUT2D eigenvalue weighted by Gasteiger charge is 2.23. The first-order chi connectivity index (χ1) is 36.0. The number of nitrogens with one attached hydrogen (secondary N) is 1. The van der Waals surface area contributed by atoms with Crippen LogP contribution >= 0.6 is 7.82 Å². The molecule has 0 aromatic carbocycles. The van der Waals surface area contributed by atoms with Crippen LogP contribution < -0.4 is 10.2 Å². The highest BCUT2D eigenvalue weighted by Crippen LogP contribution is 2.38. The number of phosphoric acid groups is 1. The number of hydrogen-bond donors (Lipinski definition) is 2. The quantitative estimate of drug-likeness (QED) is 0.0272. The third-order valence-corrected chi connectivity index (χ3v) is 13.0. The number of amides is 1. The summed E-state index contributed by atoms with van der Waals surface area (Å²) in [5, 5.41) is 13.8. The van der Waals surface area contributed by atoms with Gasteiger partial charge in [-0.3, -0.25) is 9.36 Å². The molecule has 8 nitrogen and oxygen atoms in total. The van der Waals surface area contributed by atoms with Crippen LogP contribution in [0.3, 0.4) is 0 Å². The molecule has 0 saturated carbocycles. The van der Waals surface area contributed by atoms with Gasteiger partial charge in [-0.1, -0.05) is 230 Å². The Hall–Kier alpha value is -3.62. The van der Waals surface area contributed by atoms with Crippen LogP contribution in [0.2, 0.25) is 0 Å². The van der Waals surface area contributed by atoms with Gasteiger partial charge in [0.2, 0.25) is 5.91 Å². The molecule has 0 aliphatic rings. The number of hydrogen-bond acceptors (Lipinski definition) is 6. The van der Waals surface area contributed by atoms with Crippen LogP contribution in [0.5, 0.6) is 0 Å². The lowest BCUT2D eigenvalue weighted by Gasteiger charge is -2.29. The molecule has 74 heavy (non-hydrogen) atoms. The minimum Gasteiger partial charge on any atom is -0.756 e. The number of likely N-dealkylation sites (N-methyl/N-ethyl adjacent to an activating group) is 1. The van der Waals surface area contributed by atoms with Gasteiger partial charge in [-0.05, 0) is 116 Å². The van der Waals surface area contributed by atoms with E-state index in [1.165, 1.54) is 77.0 Å². The first-order valence-electron chi connectivity index (χ1n) is 29.2. The topological polar surface area (TPSA) is 108 Å². The Balaban J connectivity index is 4.41. The molecule has 420 valence electrons. The molecule has 0 aromatic heterocycles. The van der Waals surface area contributed by atoms with Crippen molar-refractivity contribution in [2.45, 2.75) is 219 Å². The van der Waals surface area contributed by atoms with Crippen LogP contribution in [0, 0.1) is 0 Å². The maximum atomic E-state index is 13.0. The van der Waals surface area contributed by atoms with Crippen molar-refractivity contribution in [1.29, 1.82) is 0 Å². The zero-order valence-corrected chi connectivity index (χ0v) is 48.6. The minimum absolute atomic E-state index is 0.0245. The Morgan fingerprint density at radius 3 is 1.26 bits per heavy atom. The molecule has 0 bridgehead atoms. The number of rotatable bonds is 51. The Kier molecular flexibility index (Phi) is 51.5. The standard InChI is InChI=1S/C65H109N2O6P/c1-6-8-10-12-14-16-18-20-22-24-26-28-29-30-31-32-33-34-35-36-37-39-41-43-45-47-49-51-53-55-57-59-65(69)66-63(62-73-74(70,71)72-61-60-67(3,4)5)64(68)58-56-54-52-50-48-46-44-42-40-38-27-25-23-21-19-17-15-13-11-9-7-2/h8,10,14,16,20,22,26,28,30-31,33-34,36-37,40-43,47-50,56,58,63-64,68H,6-7,9,11-13,15,17-19,21,23-25,27,29,32,35,38-39,44-46,51-55,57,59-62H2,1-5H3,(H-,66,69,70,71)/b10-8-,16-14-,22-20-,28-26-,31-30-,34-33-,37-36-,42-40+,43-41-,49-47-,50-48+,58-56+. The molecule has 1 amide bonds. The molecular formula is C65H109N2O6P. The van der Waals surface area contributed by atoms with Gasteiger partial charge in [-0.2, -0.15) is 0 Å². The van der Waals surface area contributed by atoms with Crippen LogP contribution in [-0.2, 0) is 18.4 Å². The fourth-order valence-electron chi connectivity index (χ4n) is 7.47. The van der Waals surface area contributed by atoms with Gasteiger partial charge in [0.25, 0.3) is 7.82 Å². The van der Waals surface area contributed by atoms with Crippen LogP contribution in [-0.4, -0.2) is 68.5 Å². The second-order valence-electron chi connectivity index (χ2n) is 20.2. The summed E-state index contributed by atoms with van der Waals surface area (Å²) in [6.07, 6.45) is 83.6. The lowest BCUT2D eigenvalue weighted by Crippen LogP contribution is -2.45. The average molecular weight is 1050 g/mol. The van der Waals surface area contributed by atoms with Crippen molar-refractivity contribution in [1.82, 2.24) is 5.32 Å². The van der Waals surface area contributed by atoms with E-state index in [1.807, 2.05) is 27.2 Å². The highest BCUT2D eigenvalue weighted by atomic mass is 31.2. The SMILES string of the molecule is CC/C=C\C/C=C\C/C=C\C/C=C\C/C=C\C/C=C\C/C=C\C/C=C\C/C=C\CCCCCC(=O)NC(COP(=O)([O-])OCC[N+](C)(C)C)C(O)/C=C/CC/C=C/CC/C=C/CCCCCCCCCCCCC. The summed E-state index contributed by atoms with van der Waals surface area (Å²) in [6, 6.07) is -0.940. The fraction of sp³-hybridized carbons (Fsp3) is 0.615. The number of aliphatic hydroxyl groups excluding tert-OH is 1. The Morgan fingerprint density at radius 2 is 0.838 bits per heavy atom. The normalized spacial score (nSPS) is 15.0. The number of quaternary nitrogens is 1. The number of phosphoric ester groups is 1. The van der Waals surface area contributed by atoms with Crippen molar-refractivity contribution in [3.63, 3.8) is 0 Å². The van der Waals surface area contributed by atoms with E-state index in [-0.39, 0.29) is 18.9 Å². The highest BCUT2D eigenvalue weighted by molar-refractivity contribution is 7.45. The third-order valence-electron chi connectivity index (χ3n) is 12.0. The van der Waals surface area contributed by atoms with Gasteiger partial charge in [-0.15, -0.1) is 0 Å². The van der Waals surface area contributed by atoms with Crippen molar-refractivity contribution >= 4 is 13.7 Å². The Labute approximate surface area is 455 Å². The molecule has 0 spiro atoms. The van der Waals surface area contributed by atoms with Crippen molar-refractivity contribution in [3.8, 4) is 0 Å². The second kappa shape index (κ2) is 54.2. The molecule has 0 heterocycles. The average Bonchev–Trinajstić information content (AvgIpc) is 3.36. The number of nitrogens with zero attached hydrogens (tertiary/aromatic N) is 1. The number of carbonyl (C=O) groups is 1. The van der Waals surface area contributed by atoms with Crippen LogP contribution in [0.15, 0.2) is 146 Å². The van der Waals surface area contributed by atoms with Gasteiger partial charge in [-0.25, -0.2) is 0 Å². The van der Waals surface area contributed by atoms with Crippen LogP contribution in [0.1, 0.15) is 206 Å². The van der Waals surface area contributed by atoms with E-state index < -0.39 is 26.6 Å². The number of allylic oxidation sites excluding steroid dienone is 23. The second-order valence-corrected chi connectivity index (χ2v) is 21.7. The van der Waals surface area contributed by atoms with Crippen molar-refractivity contribution < 1.29 is 32.9 Å². The molecule has 0 aliphatic heterocycles. The van der Waals surface area contributed by atoms with Crippen molar-refractivity contribution in [2.75, 3.05) is 40.9 Å². The van der Waals surface area contributed by atoms with Gasteiger partial charge in [0.1, 0.15) is 13.2 Å². The van der Waals surface area contributed by atoms with Gasteiger partial charge in [0.05, 0.1) is 39.9 Å². The maximum Gasteiger partial charge on any atom is 0.268 e. The Morgan fingerprint density at radius 1 is 0.486 bits per heavy atom. The first kappa shape index (κ1) is 70.4. The summed E-state index contributed by atoms with van der Waals surface area (Å²) in [5.74, 6) is -0.249. The molecule has 0 saturated heterocycles. The van der Waals surface area contributed by atoms with Crippen molar-refractivity contribution in [3.05, 3.63) is 146 Å². The molecule has 0 radical (unpaired) electrons. The van der Waals surface area contributed by atoms with E-state index in [1.54, 1.807) is 6.08 Å². The number of carbonyl (C=O) groups excluding carboxylic acids is 1. The molecule has 0 fully saturated rings. The molecule has 0 aliphatic carbocycles. The smallest absolute Gasteiger partial charge is 0.268 e. The van der Waals surface area contributed by atoms with E-state index in [0.717, 1.165) is 96.3 Å². The van der Waals surface area contributed by atoms with E-state index in [9.17, 15) is 19.4 Å². The summed E-state index contributed by atoms with van der Waals surface area (Å²) in [7, 11) is 1.19. The lowest BCUT2D eigenvalue weighted by atomic mass is 10.1. The molecule has 2 N–H and O–H groups in total. The van der Waals surface area contributed by atoms with Crippen LogP contribution in [0.25, 0.3) is 0 Å². The summed E-state index contributed by atoms with van der Waals surface area (Å²) in [5.41, 5.74) is 0. The van der Waals surface area contributed by atoms with E-state index in [4.69, 9.17) is 9.05 Å². The molecule has 0 rings (SSSR count). The van der Waals surface area contributed by atoms with Gasteiger partial charge in [0.15, 0.2) is 0 Å². The van der Waals surface area contributed by atoms with Gasteiger partial charge in [0, 0.05) is 6.42 Å². The first-order valence-corrected chi connectivity index (χ1v) is 30.7. The lowest BCUT2D eigenvalue weighted by molar-refractivity contribution is -0.870. The predicted octanol–water partition coefficient (Wildman–Crippen LogP) is 17.5. The molecule has 9 heteroatoms. The molecular weight excluding hydrogens is 936 g/mol. The Bertz CT molecular complexity index is 1710. The maximum absolute atomic E-state index is 13.0. The fourth-order valence-corrected chi connectivity index (χ4v) is 8.19. The molecule has 0 aromatic rings. The summed E-state index contributed by atoms with van der Waals surface area (Å²) in [6.45, 7) is 4.46. The summed E-state index contributed by atoms with van der Waals surface area (Å²) >= 11 is 0. The van der Waals surface area contributed by atoms with E-state index >= 15 is 0 Å². The molecule has 3 atom stereocenters. The monoisotopic (exact) mass is 1040 g/mol. The molecule has 3 unspecified atom stereocenters. The van der Waals surface area contributed by atoms with Gasteiger partial charge < -0.3 is 28.8 Å². The number of aliphatic hydroxyl groups is 1. The number of unbranched alkanes of at least 4 members (excludes halogenated alkanes) is 16. The summed E-state index contributed by atoms with van der Waals surface area (Å²) in [4.78, 5) is 25.5. The van der Waals surface area contributed by atoms with E-state index in [0.29, 0.717) is 23.9 Å². The zero-order chi connectivity index (χ0) is 54.2. The van der Waals surface area contributed by atoms with Crippen molar-refractivity contribution in [2.24, 2.45) is 0 Å². The predicted molar refractivity (Wildman–Crippen MR) is 320 cm³/mol.